The molecule has 0 N–H and O–H groups in total. The number of aromatic nitrogens is 6. The van der Waals surface area contributed by atoms with E-state index < -0.39 is 6.55 Å². The predicted octanol–water partition coefficient (Wildman–Crippen LogP) is 2.89. The summed E-state index contributed by atoms with van der Waals surface area (Å²) in [6.07, 6.45) is 6.07. The standard InChI is InChI=1S/C16H24BN6/c1-13-7-10-21(18-13)17(16(4,5)6,22-11-8-14(2)19-22)23-12-9-15(3)20-23/h7-12H,1-6H3/q-1. The van der Waals surface area contributed by atoms with Gasteiger partial charge in [-0.3, -0.25) is 0 Å². The summed E-state index contributed by atoms with van der Waals surface area (Å²) in [5.74, 6) is 0. The minimum absolute atomic E-state index is 0.171. The van der Waals surface area contributed by atoms with Crippen molar-refractivity contribution in [2.45, 2.75) is 46.9 Å². The van der Waals surface area contributed by atoms with E-state index in [0.717, 1.165) is 17.1 Å². The molecule has 3 aromatic rings. The molecule has 3 aromatic heterocycles. The second-order valence-electron chi connectivity index (χ2n) is 7.41. The molecule has 0 unspecified atom stereocenters. The zero-order chi connectivity index (χ0) is 16.8. The van der Waals surface area contributed by atoms with Crippen LogP contribution in [0.2, 0.25) is 5.31 Å². The number of hydrogen-bond acceptors (Lipinski definition) is 3. The SMILES string of the molecule is Cc1ccn([B-](n2ccc(C)n2)(n2ccc(C)n2)C(C)(C)C)n1. The molecule has 0 bridgehead atoms. The van der Waals surface area contributed by atoms with E-state index >= 15 is 0 Å². The highest BCUT2D eigenvalue weighted by Gasteiger charge is 2.45. The average Bonchev–Trinajstić information content (AvgIpc) is 3.14. The van der Waals surface area contributed by atoms with Crippen molar-refractivity contribution < 1.29 is 0 Å². The highest BCUT2D eigenvalue weighted by Crippen LogP contribution is 2.38. The van der Waals surface area contributed by atoms with Gasteiger partial charge in [0.15, 0.2) is 0 Å². The fraction of sp³-hybridized carbons (Fsp3) is 0.438. The minimum atomic E-state index is -1.58. The van der Waals surface area contributed by atoms with Crippen molar-refractivity contribution in [1.29, 1.82) is 0 Å². The van der Waals surface area contributed by atoms with E-state index in [-0.39, 0.29) is 5.31 Å². The zero-order valence-electron chi connectivity index (χ0n) is 14.7. The summed E-state index contributed by atoms with van der Waals surface area (Å²) in [5.41, 5.74) is 2.94. The van der Waals surface area contributed by atoms with E-state index in [1.807, 2.05) is 71.3 Å². The van der Waals surface area contributed by atoms with E-state index in [9.17, 15) is 0 Å². The van der Waals surface area contributed by atoms with Crippen LogP contribution in [0.25, 0.3) is 0 Å². The third-order valence-corrected chi connectivity index (χ3v) is 4.49. The van der Waals surface area contributed by atoms with Gasteiger partial charge < -0.3 is 13.8 Å². The molecular weight excluding hydrogens is 287 g/mol. The molecule has 0 spiro atoms. The Balaban J connectivity index is 2.39. The average molecular weight is 311 g/mol. The maximum Gasteiger partial charge on any atom is 0.345 e. The van der Waals surface area contributed by atoms with Crippen molar-refractivity contribution in [2.24, 2.45) is 0 Å². The summed E-state index contributed by atoms with van der Waals surface area (Å²) in [5, 5.41) is 14.1. The highest BCUT2D eigenvalue weighted by molar-refractivity contribution is 6.77. The highest BCUT2D eigenvalue weighted by atomic mass is 15.5. The Morgan fingerprint density at radius 2 is 1.00 bits per heavy atom. The Labute approximate surface area is 137 Å². The molecule has 0 atom stereocenters. The van der Waals surface area contributed by atoms with Gasteiger partial charge in [0.1, 0.15) is 0 Å². The summed E-state index contributed by atoms with van der Waals surface area (Å²) < 4.78 is 6.07. The molecule has 0 amide bonds. The summed E-state index contributed by atoms with van der Waals surface area (Å²) in [7, 11) is 0. The van der Waals surface area contributed by atoms with Gasteiger partial charge in [-0.25, -0.2) is 15.3 Å². The lowest BCUT2D eigenvalue weighted by Crippen LogP contribution is -2.65. The lowest BCUT2D eigenvalue weighted by molar-refractivity contribution is 0.579. The Bertz CT molecular complexity index is 721. The molecule has 0 aliphatic rings. The normalized spacial score (nSPS) is 12.8. The van der Waals surface area contributed by atoms with E-state index in [1.165, 1.54) is 0 Å². The lowest BCUT2D eigenvalue weighted by atomic mass is 9.41. The quantitative estimate of drug-likeness (QED) is 0.699. The van der Waals surface area contributed by atoms with Gasteiger partial charge in [0.05, 0.1) is 17.1 Å². The molecule has 0 radical (unpaired) electrons. The molecule has 23 heavy (non-hydrogen) atoms. The summed E-state index contributed by atoms with van der Waals surface area (Å²) in [4.78, 5) is 0. The third kappa shape index (κ3) is 2.31. The van der Waals surface area contributed by atoms with Crippen LogP contribution in [-0.2, 0) is 0 Å². The van der Waals surface area contributed by atoms with Crippen molar-refractivity contribution in [1.82, 2.24) is 29.1 Å². The molecule has 0 saturated heterocycles. The first-order chi connectivity index (χ1) is 10.7. The third-order valence-electron chi connectivity index (χ3n) is 4.49. The van der Waals surface area contributed by atoms with Gasteiger partial charge in [0.25, 0.3) is 0 Å². The van der Waals surface area contributed by atoms with Crippen LogP contribution in [0, 0.1) is 20.8 Å². The number of rotatable bonds is 3. The first kappa shape index (κ1) is 15.6. The number of nitrogens with zero attached hydrogens (tertiary/aromatic N) is 6. The Morgan fingerprint density at radius 3 is 1.17 bits per heavy atom. The van der Waals surface area contributed by atoms with Crippen molar-refractivity contribution >= 4 is 6.55 Å². The first-order valence-electron chi connectivity index (χ1n) is 7.97. The molecule has 7 heteroatoms. The summed E-state index contributed by atoms with van der Waals surface area (Å²) >= 11 is 0. The number of aryl methyl sites for hydroxylation is 3. The topological polar surface area (TPSA) is 53.5 Å². The van der Waals surface area contributed by atoms with Crippen molar-refractivity contribution in [3.8, 4) is 0 Å². The van der Waals surface area contributed by atoms with Crippen LogP contribution in [0.1, 0.15) is 37.9 Å². The smallest absolute Gasteiger partial charge is 0.345 e. The van der Waals surface area contributed by atoms with Gasteiger partial charge in [-0.1, -0.05) is 26.1 Å². The van der Waals surface area contributed by atoms with Gasteiger partial charge in [-0.2, -0.15) is 0 Å². The Kier molecular flexibility index (Phi) is 3.46. The summed E-state index contributed by atoms with van der Waals surface area (Å²) in [6.45, 7) is 11.0. The van der Waals surface area contributed by atoms with Crippen molar-refractivity contribution in [3.05, 3.63) is 53.9 Å². The molecule has 0 aromatic carbocycles. The van der Waals surface area contributed by atoms with Crippen LogP contribution >= 0.6 is 0 Å². The molecule has 0 fully saturated rings. The van der Waals surface area contributed by atoms with Gasteiger partial charge in [-0.05, 0) is 57.6 Å². The molecule has 0 aliphatic heterocycles. The molecular formula is C16H24BN6-. The summed E-state index contributed by atoms with van der Waals surface area (Å²) in [6, 6.07) is 6.07. The van der Waals surface area contributed by atoms with E-state index in [0.29, 0.717) is 0 Å². The monoisotopic (exact) mass is 311 g/mol. The van der Waals surface area contributed by atoms with Crippen LogP contribution in [-0.4, -0.2) is 35.6 Å². The maximum atomic E-state index is 4.74. The molecule has 122 valence electrons. The second kappa shape index (κ2) is 5.11. The molecule has 0 saturated carbocycles. The molecule has 6 nitrogen and oxygen atoms in total. The maximum absolute atomic E-state index is 4.74. The predicted molar refractivity (Wildman–Crippen MR) is 92.6 cm³/mol. The largest absolute Gasteiger partial charge is 0.399 e. The van der Waals surface area contributed by atoms with Crippen LogP contribution < -0.4 is 0 Å². The van der Waals surface area contributed by atoms with Crippen molar-refractivity contribution in [3.63, 3.8) is 0 Å². The zero-order valence-corrected chi connectivity index (χ0v) is 14.7. The Morgan fingerprint density at radius 1 is 0.696 bits per heavy atom. The van der Waals surface area contributed by atoms with Crippen LogP contribution in [0.15, 0.2) is 36.8 Å². The van der Waals surface area contributed by atoms with Gasteiger partial charge in [-0.15, -0.1) is 0 Å². The number of hydrogen-bond donors (Lipinski definition) is 0. The minimum Gasteiger partial charge on any atom is -0.399 e. The second-order valence-corrected chi connectivity index (χ2v) is 7.41. The van der Waals surface area contributed by atoms with Gasteiger partial charge >= 0.3 is 6.55 Å². The van der Waals surface area contributed by atoms with Crippen molar-refractivity contribution in [2.75, 3.05) is 0 Å². The van der Waals surface area contributed by atoms with Crippen LogP contribution in [0.4, 0.5) is 0 Å². The van der Waals surface area contributed by atoms with Gasteiger partial charge in [0, 0.05) is 0 Å². The van der Waals surface area contributed by atoms with Gasteiger partial charge in [0.2, 0.25) is 0 Å². The lowest BCUT2D eigenvalue weighted by Gasteiger charge is -2.51. The molecule has 3 heterocycles. The van der Waals surface area contributed by atoms with Crippen LogP contribution in [0.5, 0.6) is 0 Å². The Hall–Kier alpha value is -2.31. The fourth-order valence-corrected chi connectivity index (χ4v) is 3.45. The molecule has 0 aliphatic carbocycles. The van der Waals surface area contributed by atoms with E-state index in [1.54, 1.807) is 0 Å². The van der Waals surface area contributed by atoms with Crippen LogP contribution in [0.3, 0.4) is 0 Å². The van der Waals surface area contributed by atoms with E-state index in [4.69, 9.17) is 15.3 Å². The molecule has 3 rings (SSSR count). The first-order valence-corrected chi connectivity index (χ1v) is 7.97. The van der Waals surface area contributed by atoms with E-state index in [2.05, 4.69) is 20.8 Å². The fourth-order valence-electron chi connectivity index (χ4n) is 3.45.